The fourth-order valence-electron chi connectivity index (χ4n) is 2.44. The molecule has 0 unspecified atom stereocenters. The summed E-state index contributed by atoms with van der Waals surface area (Å²) in [4.78, 5) is 22.0. The molecule has 0 bridgehead atoms. The van der Waals surface area contributed by atoms with Crippen LogP contribution in [0.2, 0.25) is 0 Å². The highest BCUT2D eigenvalue weighted by Gasteiger charge is 2.31. The van der Waals surface area contributed by atoms with Crippen LogP contribution in [0.3, 0.4) is 0 Å². The van der Waals surface area contributed by atoms with Gasteiger partial charge in [-0.05, 0) is 55.6 Å². The highest BCUT2D eigenvalue weighted by molar-refractivity contribution is 7.13. The summed E-state index contributed by atoms with van der Waals surface area (Å²) in [5.74, 6) is -0.552. The summed E-state index contributed by atoms with van der Waals surface area (Å²) in [5, 5.41) is 14.3. The van der Waals surface area contributed by atoms with E-state index in [1.54, 1.807) is 19.9 Å². The number of amides is 1. The molecule has 2 heterocycles. The van der Waals surface area contributed by atoms with Crippen molar-refractivity contribution in [2.45, 2.75) is 25.8 Å². The second-order valence-electron chi connectivity index (χ2n) is 7.01. The number of ether oxygens (including phenoxy) is 1. The molecule has 3 aromatic rings. The van der Waals surface area contributed by atoms with Crippen molar-refractivity contribution in [1.29, 1.82) is 0 Å². The van der Waals surface area contributed by atoms with Gasteiger partial charge in [0.15, 0.2) is 5.82 Å². The third kappa shape index (κ3) is 6.01. The van der Waals surface area contributed by atoms with E-state index in [0.717, 1.165) is 4.88 Å². The van der Waals surface area contributed by atoms with Gasteiger partial charge in [0, 0.05) is 12.1 Å². The molecule has 0 radical (unpaired) electrons. The van der Waals surface area contributed by atoms with E-state index in [1.807, 2.05) is 11.4 Å². The normalized spacial score (nSPS) is 11.9. The number of rotatable bonds is 6. The maximum atomic E-state index is 12.6. The van der Waals surface area contributed by atoms with Crippen molar-refractivity contribution in [1.82, 2.24) is 15.3 Å². The number of carbonyl (C=O) groups excluding carboxylic acids is 1. The Balaban J connectivity index is 1.95. The lowest BCUT2D eigenvalue weighted by Gasteiger charge is -2.17. The SMILES string of the molecule is CC(C)(O)CNC(=O)c1cc(-c2ccc(OC(F)(F)F)cc2)nc(-c2cccs2)n1. The van der Waals surface area contributed by atoms with E-state index < -0.39 is 17.9 Å². The minimum absolute atomic E-state index is 0.0168. The molecule has 0 atom stereocenters. The van der Waals surface area contributed by atoms with Crippen LogP contribution in [0, 0.1) is 0 Å². The number of benzene rings is 1. The Labute approximate surface area is 174 Å². The van der Waals surface area contributed by atoms with Gasteiger partial charge in [-0.25, -0.2) is 9.97 Å². The molecule has 1 amide bonds. The number of nitrogens with zero attached hydrogens (tertiary/aromatic N) is 2. The van der Waals surface area contributed by atoms with Gasteiger partial charge in [-0.2, -0.15) is 0 Å². The molecular weight excluding hydrogens is 419 g/mol. The van der Waals surface area contributed by atoms with Gasteiger partial charge in [0.25, 0.3) is 5.91 Å². The van der Waals surface area contributed by atoms with Crippen LogP contribution < -0.4 is 10.1 Å². The molecule has 2 aromatic heterocycles. The summed E-state index contributed by atoms with van der Waals surface area (Å²) in [6.07, 6.45) is -4.78. The minimum atomic E-state index is -4.78. The number of carbonyl (C=O) groups is 1. The first-order valence-electron chi connectivity index (χ1n) is 8.80. The Morgan fingerprint density at radius 2 is 1.87 bits per heavy atom. The Bertz CT molecular complexity index is 1010. The smallest absolute Gasteiger partial charge is 0.406 e. The van der Waals surface area contributed by atoms with Gasteiger partial charge in [-0.1, -0.05) is 6.07 Å². The molecule has 2 N–H and O–H groups in total. The molecule has 30 heavy (non-hydrogen) atoms. The molecular formula is C20H18F3N3O3S. The van der Waals surface area contributed by atoms with E-state index in [1.165, 1.54) is 41.7 Å². The molecule has 158 valence electrons. The molecule has 6 nitrogen and oxygen atoms in total. The highest BCUT2D eigenvalue weighted by atomic mass is 32.1. The van der Waals surface area contributed by atoms with Crippen LogP contribution in [0.25, 0.3) is 22.0 Å². The summed E-state index contributed by atoms with van der Waals surface area (Å²) >= 11 is 1.39. The van der Waals surface area contributed by atoms with Crippen molar-refractivity contribution in [2.24, 2.45) is 0 Å². The maximum absolute atomic E-state index is 12.6. The lowest BCUT2D eigenvalue weighted by atomic mass is 10.1. The summed E-state index contributed by atoms with van der Waals surface area (Å²) < 4.78 is 41.0. The molecule has 1 aromatic carbocycles. The zero-order valence-electron chi connectivity index (χ0n) is 16.0. The van der Waals surface area contributed by atoms with Crippen molar-refractivity contribution in [3.05, 3.63) is 53.5 Å². The van der Waals surface area contributed by atoms with Crippen LogP contribution in [0.4, 0.5) is 13.2 Å². The maximum Gasteiger partial charge on any atom is 0.573 e. The van der Waals surface area contributed by atoms with E-state index in [9.17, 15) is 23.1 Å². The van der Waals surface area contributed by atoms with Gasteiger partial charge in [0.1, 0.15) is 11.4 Å². The lowest BCUT2D eigenvalue weighted by molar-refractivity contribution is -0.274. The molecule has 0 saturated carbocycles. The zero-order chi connectivity index (χ0) is 21.9. The number of thiophene rings is 1. The topological polar surface area (TPSA) is 84.3 Å². The molecule has 0 fully saturated rings. The molecule has 0 aliphatic heterocycles. The summed E-state index contributed by atoms with van der Waals surface area (Å²) in [6.45, 7) is 3.13. The Kier molecular flexibility index (Phi) is 6.09. The van der Waals surface area contributed by atoms with Gasteiger partial charge in [0.05, 0.1) is 16.2 Å². The standard InChI is InChI=1S/C20H18F3N3O3S/c1-19(2,28)11-24-18(27)15-10-14(25-17(26-15)16-4-3-9-30-16)12-5-7-13(8-6-12)29-20(21,22)23/h3-10,28H,11H2,1-2H3,(H,24,27). The number of aromatic nitrogens is 2. The van der Waals surface area contributed by atoms with Crippen molar-refractivity contribution in [3.8, 4) is 27.7 Å². The van der Waals surface area contributed by atoms with Gasteiger partial charge in [-0.3, -0.25) is 4.79 Å². The Morgan fingerprint density at radius 1 is 1.17 bits per heavy atom. The highest BCUT2D eigenvalue weighted by Crippen LogP contribution is 2.28. The Hall–Kier alpha value is -2.98. The summed E-state index contributed by atoms with van der Waals surface area (Å²) in [6, 6.07) is 10.2. The first-order chi connectivity index (χ1) is 14.0. The van der Waals surface area contributed by atoms with Gasteiger partial charge < -0.3 is 15.2 Å². The number of aliphatic hydroxyl groups is 1. The van der Waals surface area contributed by atoms with Crippen molar-refractivity contribution >= 4 is 17.2 Å². The summed E-state index contributed by atoms with van der Waals surface area (Å²) in [7, 11) is 0. The number of hydrogen-bond acceptors (Lipinski definition) is 6. The van der Waals surface area contributed by atoms with Crippen LogP contribution >= 0.6 is 11.3 Å². The number of nitrogens with one attached hydrogen (secondary N) is 1. The Morgan fingerprint density at radius 3 is 2.43 bits per heavy atom. The monoisotopic (exact) mass is 437 g/mol. The van der Waals surface area contributed by atoms with E-state index in [2.05, 4.69) is 20.0 Å². The van der Waals surface area contributed by atoms with Crippen molar-refractivity contribution in [2.75, 3.05) is 6.54 Å². The van der Waals surface area contributed by atoms with Crippen LogP contribution in [-0.4, -0.2) is 39.5 Å². The van der Waals surface area contributed by atoms with Crippen molar-refractivity contribution < 1.29 is 27.8 Å². The molecule has 3 rings (SSSR count). The molecule has 0 spiro atoms. The van der Waals surface area contributed by atoms with E-state index in [4.69, 9.17) is 0 Å². The van der Waals surface area contributed by atoms with Gasteiger partial charge >= 0.3 is 6.36 Å². The zero-order valence-corrected chi connectivity index (χ0v) is 16.8. The predicted octanol–water partition coefficient (Wildman–Crippen LogP) is 4.27. The van der Waals surface area contributed by atoms with E-state index in [-0.39, 0.29) is 18.0 Å². The summed E-state index contributed by atoms with van der Waals surface area (Å²) in [5.41, 5.74) is -0.180. The molecule has 0 aliphatic carbocycles. The van der Waals surface area contributed by atoms with Crippen LogP contribution in [0.5, 0.6) is 5.75 Å². The lowest BCUT2D eigenvalue weighted by Crippen LogP contribution is -2.38. The van der Waals surface area contributed by atoms with E-state index in [0.29, 0.717) is 17.1 Å². The van der Waals surface area contributed by atoms with Crippen molar-refractivity contribution in [3.63, 3.8) is 0 Å². The second-order valence-corrected chi connectivity index (χ2v) is 7.95. The quantitative estimate of drug-likeness (QED) is 0.602. The fourth-order valence-corrected chi connectivity index (χ4v) is 3.10. The number of hydrogen-bond donors (Lipinski definition) is 2. The average molecular weight is 437 g/mol. The third-order valence-corrected chi connectivity index (χ3v) is 4.63. The molecule has 0 saturated heterocycles. The first-order valence-corrected chi connectivity index (χ1v) is 9.68. The van der Waals surface area contributed by atoms with Crippen LogP contribution in [0.1, 0.15) is 24.3 Å². The van der Waals surface area contributed by atoms with E-state index >= 15 is 0 Å². The third-order valence-electron chi connectivity index (χ3n) is 3.77. The van der Waals surface area contributed by atoms with Crippen LogP contribution in [0.15, 0.2) is 47.8 Å². The predicted molar refractivity (Wildman–Crippen MR) is 106 cm³/mol. The largest absolute Gasteiger partial charge is 0.573 e. The average Bonchev–Trinajstić information content (AvgIpc) is 3.19. The molecule has 0 aliphatic rings. The number of halogens is 3. The first kappa shape index (κ1) is 21.7. The fraction of sp³-hybridized carbons (Fsp3) is 0.250. The van der Waals surface area contributed by atoms with Gasteiger partial charge in [-0.15, -0.1) is 24.5 Å². The second kappa shape index (κ2) is 8.41. The molecule has 10 heteroatoms. The van der Waals surface area contributed by atoms with Crippen LogP contribution in [-0.2, 0) is 0 Å². The number of alkyl halides is 3. The van der Waals surface area contributed by atoms with Gasteiger partial charge in [0.2, 0.25) is 0 Å². The minimum Gasteiger partial charge on any atom is -0.406 e.